The Morgan fingerprint density at radius 2 is 2.11 bits per heavy atom. The Hall–Kier alpha value is -1.39. The second-order valence-electron chi connectivity index (χ2n) is 3.46. The maximum atomic E-state index is 13.7. The third kappa shape index (κ3) is 3.09. The number of benzene rings is 1. The summed E-state index contributed by atoms with van der Waals surface area (Å²) in [6.45, 7) is 0. The van der Waals surface area contributed by atoms with Crippen LogP contribution in [0.2, 0.25) is 0 Å². The van der Waals surface area contributed by atoms with Gasteiger partial charge in [0.15, 0.2) is 0 Å². The molecule has 1 heterocycles. The molecule has 0 aliphatic carbocycles. The number of hydrogen-bond donors (Lipinski definition) is 0. The first-order valence-corrected chi connectivity index (χ1v) is 6.16. The van der Waals surface area contributed by atoms with Gasteiger partial charge in [0.05, 0.1) is 5.56 Å². The van der Waals surface area contributed by atoms with E-state index in [2.05, 4.69) is 15.9 Å². The lowest BCUT2D eigenvalue weighted by Crippen LogP contribution is -1.81. The van der Waals surface area contributed by atoms with Crippen molar-refractivity contribution in [2.75, 3.05) is 0 Å². The van der Waals surface area contributed by atoms with E-state index in [4.69, 9.17) is 16.0 Å². The molecule has 0 spiro atoms. The molecule has 0 saturated carbocycles. The highest BCUT2D eigenvalue weighted by Gasteiger charge is 2.09. The summed E-state index contributed by atoms with van der Waals surface area (Å²) < 4.78 is 19.7. The monoisotopic (exact) mass is 328 g/mol. The van der Waals surface area contributed by atoms with Gasteiger partial charge in [0.2, 0.25) is 5.24 Å². The summed E-state index contributed by atoms with van der Waals surface area (Å²) in [7, 11) is 0. The molecule has 0 aliphatic rings. The Labute approximate surface area is 116 Å². The molecular formula is C13H7BrClFO2. The summed E-state index contributed by atoms with van der Waals surface area (Å²) in [6, 6.07) is 7.95. The fourth-order valence-corrected chi connectivity index (χ4v) is 1.82. The molecule has 18 heavy (non-hydrogen) atoms. The van der Waals surface area contributed by atoms with Crippen LogP contribution in [0.15, 0.2) is 45.3 Å². The lowest BCUT2D eigenvalue weighted by Gasteiger charge is -1.99. The van der Waals surface area contributed by atoms with Gasteiger partial charge in [-0.15, -0.1) is 0 Å². The Balaban J connectivity index is 2.32. The van der Waals surface area contributed by atoms with Crippen LogP contribution in [0.3, 0.4) is 0 Å². The van der Waals surface area contributed by atoms with Crippen molar-refractivity contribution < 1.29 is 13.6 Å². The van der Waals surface area contributed by atoms with Crippen LogP contribution in [0, 0.1) is 5.82 Å². The maximum Gasteiger partial charge on any atom is 0.245 e. The van der Waals surface area contributed by atoms with Crippen molar-refractivity contribution in [3.8, 4) is 11.3 Å². The van der Waals surface area contributed by atoms with E-state index in [0.29, 0.717) is 21.6 Å². The predicted octanol–water partition coefficient (Wildman–Crippen LogP) is 4.63. The largest absolute Gasteiger partial charge is 0.457 e. The van der Waals surface area contributed by atoms with Crippen molar-refractivity contribution in [3.05, 3.63) is 52.5 Å². The molecule has 0 bridgehead atoms. The molecule has 0 amide bonds. The molecule has 1 aromatic carbocycles. The molecule has 2 nitrogen and oxygen atoms in total. The molecule has 0 fully saturated rings. The van der Waals surface area contributed by atoms with Gasteiger partial charge in [0.25, 0.3) is 0 Å². The number of furan rings is 1. The Kier molecular flexibility index (Phi) is 3.99. The smallest absolute Gasteiger partial charge is 0.245 e. The predicted molar refractivity (Wildman–Crippen MR) is 71.7 cm³/mol. The second-order valence-corrected chi connectivity index (χ2v) is 4.75. The van der Waals surface area contributed by atoms with Gasteiger partial charge >= 0.3 is 0 Å². The van der Waals surface area contributed by atoms with Gasteiger partial charge in [0.1, 0.15) is 17.3 Å². The Bertz CT molecular complexity index is 619. The highest BCUT2D eigenvalue weighted by molar-refractivity contribution is 9.10. The van der Waals surface area contributed by atoms with E-state index in [1.807, 2.05) is 0 Å². The standard InChI is InChI=1S/C13H7BrClFO2/c14-8-1-4-10(11(16)7-8)12-5-2-9(18-12)3-6-13(15)17/h1-7H/b6-3+. The van der Waals surface area contributed by atoms with Gasteiger partial charge in [0, 0.05) is 10.5 Å². The third-order valence-corrected chi connectivity index (χ3v) is 2.82. The number of rotatable bonds is 3. The van der Waals surface area contributed by atoms with Crippen LogP contribution >= 0.6 is 27.5 Å². The molecule has 2 rings (SSSR count). The highest BCUT2D eigenvalue weighted by Crippen LogP contribution is 2.27. The maximum absolute atomic E-state index is 13.7. The van der Waals surface area contributed by atoms with Crippen molar-refractivity contribution in [2.45, 2.75) is 0 Å². The van der Waals surface area contributed by atoms with Gasteiger partial charge in [-0.05, 0) is 48.0 Å². The average Bonchev–Trinajstić information content (AvgIpc) is 2.75. The lowest BCUT2D eigenvalue weighted by atomic mass is 10.1. The number of halogens is 3. The zero-order valence-electron chi connectivity index (χ0n) is 8.99. The lowest BCUT2D eigenvalue weighted by molar-refractivity contribution is -0.107. The van der Waals surface area contributed by atoms with Crippen molar-refractivity contribution in [1.29, 1.82) is 0 Å². The van der Waals surface area contributed by atoms with E-state index in [0.717, 1.165) is 0 Å². The van der Waals surface area contributed by atoms with E-state index in [1.54, 1.807) is 24.3 Å². The van der Waals surface area contributed by atoms with E-state index >= 15 is 0 Å². The van der Waals surface area contributed by atoms with Crippen LogP contribution in [0.1, 0.15) is 5.76 Å². The minimum absolute atomic E-state index is 0.357. The van der Waals surface area contributed by atoms with E-state index in [9.17, 15) is 9.18 Å². The molecule has 2 aromatic rings. The van der Waals surface area contributed by atoms with Crippen molar-refractivity contribution in [2.24, 2.45) is 0 Å². The summed E-state index contributed by atoms with van der Waals surface area (Å²) in [5.41, 5.74) is 0.357. The zero-order chi connectivity index (χ0) is 13.1. The highest BCUT2D eigenvalue weighted by atomic mass is 79.9. The molecule has 92 valence electrons. The van der Waals surface area contributed by atoms with Gasteiger partial charge in [-0.25, -0.2) is 4.39 Å². The van der Waals surface area contributed by atoms with Crippen LogP contribution in [0.4, 0.5) is 4.39 Å². The van der Waals surface area contributed by atoms with E-state index < -0.39 is 5.24 Å². The van der Waals surface area contributed by atoms with Crippen LogP contribution in [0.25, 0.3) is 17.4 Å². The summed E-state index contributed by atoms with van der Waals surface area (Å²) >= 11 is 8.34. The third-order valence-electron chi connectivity index (χ3n) is 2.20. The summed E-state index contributed by atoms with van der Waals surface area (Å²) in [4.78, 5) is 10.6. The van der Waals surface area contributed by atoms with Gasteiger partial charge in [-0.1, -0.05) is 15.9 Å². The molecule has 0 unspecified atom stereocenters. The summed E-state index contributed by atoms with van der Waals surface area (Å²) in [5, 5.41) is -0.595. The minimum atomic E-state index is -0.595. The van der Waals surface area contributed by atoms with Crippen molar-refractivity contribution in [1.82, 2.24) is 0 Å². The molecule has 0 aliphatic heterocycles. The molecule has 0 saturated heterocycles. The number of hydrogen-bond acceptors (Lipinski definition) is 2. The zero-order valence-corrected chi connectivity index (χ0v) is 11.3. The average molecular weight is 330 g/mol. The topological polar surface area (TPSA) is 30.2 Å². The molecular weight excluding hydrogens is 322 g/mol. The first-order valence-electron chi connectivity index (χ1n) is 4.99. The van der Waals surface area contributed by atoms with Gasteiger partial charge < -0.3 is 4.42 Å². The fourth-order valence-electron chi connectivity index (χ4n) is 1.42. The molecule has 0 radical (unpaired) electrons. The van der Waals surface area contributed by atoms with Crippen LogP contribution < -0.4 is 0 Å². The molecule has 5 heteroatoms. The Morgan fingerprint density at radius 3 is 2.78 bits per heavy atom. The van der Waals surface area contributed by atoms with Gasteiger partial charge in [-0.3, -0.25) is 4.79 Å². The van der Waals surface area contributed by atoms with Crippen LogP contribution in [-0.4, -0.2) is 5.24 Å². The second kappa shape index (κ2) is 5.50. The van der Waals surface area contributed by atoms with Crippen LogP contribution in [0.5, 0.6) is 0 Å². The molecule has 0 N–H and O–H groups in total. The molecule has 1 aromatic heterocycles. The van der Waals surface area contributed by atoms with E-state index in [1.165, 1.54) is 18.2 Å². The van der Waals surface area contributed by atoms with E-state index in [-0.39, 0.29) is 5.82 Å². The van der Waals surface area contributed by atoms with Crippen LogP contribution in [-0.2, 0) is 4.79 Å². The number of carbonyl (C=O) groups excluding carboxylic acids is 1. The van der Waals surface area contributed by atoms with Crippen molar-refractivity contribution >= 4 is 38.8 Å². The quantitative estimate of drug-likeness (QED) is 0.607. The number of allylic oxidation sites excluding steroid dienone is 1. The summed E-state index contributed by atoms with van der Waals surface area (Å²) in [5.74, 6) is 0.436. The first kappa shape index (κ1) is 13.1. The van der Waals surface area contributed by atoms with Gasteiger partial charge in [-0.2, -0.15) is 0 Å². The normalized spacial score (nSPS) is 11.1. The SMILES string of the molecule is O=C(Cl)/C=C/c1ccc(-c2ccc(Br)cc2F)o1. The summed E-state index contributed by atoms with van der Waals surface area (Å²) in [6.07, 6.45) is 2.59. The fraction of sp³-hybridized carbons (Fsp3) is 0. The molecule has 0 atom stereocenters. The van der Waals surface area contributed by atoms with Crippen molar-refractivity contribution in [3.63, 3.8) is 0 Å². The minimum Gasteiger partial charge on any atom is -0.457 e. The number of carbonyl (C=O) groups is 1. The Morgan fingerprint density at radius 1 is 1.33 bits per heavy atom. The first-order chi connectivity index (χ1) is 8.56.